The number of hydrogen-bond donors (Lipinski definition) is 2. The molecule has 6 heteroatoms. The summed E-state index contributed by atoms with van der Waals surface area (Å²) in [6.45, 7) is 7.69. The Morgan fingerprint density at radius 2 is 2.05 bits per heavy atom. The van der Waals surface area contributed by atoms with Crippen molar-refractivity contribution in [3.8, 4) is 0 Å². The minimum atomic E-state index is -0.882. The van der Waals surface area contributed by atoms with Gasteiger partial charge in [-0.3, -0.25) is 14.5 Å². The lowest BCUT2D eigenvalue weighted by atomic mass is 9.92. The normalized spacial score (nSPS) is 31.4. The molecule has 2 N–H and O–H groups in total. The summed E-state index contributed by atoms with van der Waals surface area (Å²) in [6.07, 6.45) is 3.47. The van der Waals surface area contributed by atoms with Crippen molar-refractivity contribution in [3.63, 3.8) is 0 Å². The van der Waals surface area contributed by atoms with Crippen LogP contribution in [-0.2, 0) is 9.59 Å². The SMILES string of the molecule is CCC1(C)NC(=O)N(CC(=O)NC2CCC(C)(C)C2)C1=O. The van der Waals surface area contributed by atoms with E-state index in [0.29, 0.717) is 6.42 Å². The smallest absolute Gasteiger partial charge is 0.325 e. The number of carbonyl (C=O) groups excluding carboxylic acids is 3. The topological polar surface area (TPSA) is 78.5 Å². The van der Waals surface area contributed by atoms with E-state index >= 15 is 0 Å². The van der Waals surface area contributed by atoms with Crippen LogP contribution in [0, 0.1) is 5.41 Å². The molecule has 0 aromatic rings. The standard InChI is InChI=1S/C15H25N3O3/c1-5-15(4)12(20)18(13(21)17-15)9-11(19)16-10-6-7-14(2,3)8-10/h10H,5-9H2,1-4H3,(H,16,19)(H,17,21). The number of carbonyl (C=O) groups is 3. The Morgan fingerprint density at radius 1 is 1.38 bits per heavy atom. The monoisotopic (exact) mass is 295 g/mol. The van der Waals surface area contributed by atoms with Gasteiger partial charge in [0.05, 0.1) is 0 Å². The van der Waals surface area contributed by atoms with E-state index in [1.165, 1.54) is 0 Å². The van der Waals surface area contributed by atoms with E-state index in [4.69, 9.17) is 0 Å². The minimum Gasteiger partial charge on any atom is -0.352 e. The number of rotatable bonds is 4. The highest BCUT2D eigenvalue weighted by molar-refractivity contribution is 6.08. The molecule has 0 bridgehead atoms. The molecule has 0 aromatic carbocycles. The van der Waals surface area contributed by atoms with Gasteiger partial charge in [0.1, 0.15) is 12.1 Å². The summed E-state index contributed by atoms with van der Waals surface area (Å²) in [7, 11) is 0. The van der Waals surface area contributed by atoms with E-state index in [1.54, 1.807) is 6.92 Å². The molecular formula is C15H25N3O3. The van der Waals surface area contributed by atoms with Crippen molar-refractivity contribution in [1.29, 1.82) is 0 Å². The number of nitrogens with zero attached hydrogens (tertiary/aromatic N) is 1. The zero-order valence-corrected chi connectivity index (χ0v) is 13.3. The van der Waals surface area contributed by atoms with E-state index in [0.717, 1.165) is 24.2 Å². The zero-order valence-electron chi connectivity index (χ0n) is 13.3. The van der Waals surface area contributed by atoms with Crippen LogP contribution in [0.3, 0.4) is 0 Å². The second kappa shape index (κ2) is 5.31. The van der Waals surface area contributed by atoms with Gasteiger partial charge in [-0.1, -0.05) is 20.8 Å². The first-order valence-corrected chi connectivity index (χ1v) is 7.60. The first-order valence-electron chi connectivity index (χ1n) is 7.60. The lowest BCUT2D eigenvalue weighted by Gasteiger charge is -2.20. The zero-order chi connectivity index (χ0) is 15.8. The molecule has 118 valence electrons. The quantitative estimate of drug-likeness (QED) is 0.770. The Morgan fingerprint density at radius 3 is 2.52 bits per heavy atom. The van der Waals surface area contributed by atoms with Gasteiger partial charge < -0.3 is 10.6 Å². The Labute approximate surface area is 125 Å². The summed E-state index contributed by atoms with van der Waals surface area (Å²) in [5, 5.41) is 5.58. The highest BCUT2D eigenvalue weighted by atomic mass is 16.2. The van der Waals surface area contributed by atoms with Crippen LogP contribution in [0.4, 0.5) is 4.79 Å². The van der Waals surface area contributed by atoms with Crippen LogP contribution in [0.5, 0.6) is 0 Å². The average Bonchev–Trinajstić information content (AvgIpc) is 2.82. The van der Waals surface area contributed by atoms with Crippen LogP contribution in [0.2, 0.25) is 0 Å². The number of urea groups is 1. The van der Waals surface area contributed by atoms with Gasteiger partial charge in [-0.25, -0.2) is 4.79 Å². The van der Waals surface area contributed by atoms with Gasteiger partial charge in [-0.05, 0) is 38.0 Å². The van der Waals surface area contributed by atoms with Crippen molar-refractivity contribution in [1.82, 2.24) is 15.5 Å². The number of imide groups is 1. The molecule has 2 unspecified atom stereocenters. The summed E-state index contributed by atoms with van der Waals surface area (Å²) in [6, 6.07) is -0.336. The molecule has 1 heterocycles. The molecule has 2 aliphatic rings. The van der Waals surface area contributed by atoms with Crippen molar-refractivity contribution >= 4 is 17.8 Å². The fourth-order valence-electron chi connectivity index (χ4n) is 3.11. The van der Waals surface area contributed by atoms with Crippen molar-refractivity contribution in [2.24, 2.45) is 5.41 Å². The largest absolute Gasteiger partial charge is 0.352 e. The van der Waals surface area contributed by atoms with Gasteiger partial charge in [0.2, 0.25) is 5.91 Å². The summed E-state index contributed by atoms with van der Waals surface area (Å²) >= 11 is 0. The molecule has 4 amide bonds. The number of hydrogen-bond acceptors (Lipinski definition) is 3. The molecule has 0 spiro atoms. The maximum atomic E-state index is 12.2. The second-order valence-corrected chi connectivity index (χ2v) is 7.18. The van der Waals surface area contributed by atoms with Crippen LogP contribution >= 0.6 is 0 Å². The maximum absolute atomic E-state index is 12.2. The Balaban J connectivity index is 1.92. The van der Waals surface area contributed by atoms with Crippen LogP contribution in [0.25, 0.3) is 0 Å². The van der Waals surface area contributed by atoms with Gasteiger partial charge >= 0.3 is 6.03 Å². The van der Waals surface area contributed by atoms with Gasteiger partial charge in [0.25, 0.3) is 5.91 Å². The molecule has 2 fully saturated rings. The Bertz CT molecular complexity index is 475. The van der Waals surface area contributed by atoms with Crippen LogP contribution < -0.4 is 10.6 Å². The molecule has 1 saturated heterocycles. The summed E-state index contributed by atoms with van der Waals surface area (Å²) in [5.41, 5.74) is -0.633. The third-order valence-corrected chi connectivity index (χ3v) is 4.69. The predicted molar refractivity (Wildman–Crippen MR) is 78.5 cm³/mol. The molecule has 1 saturated carbocycles. The maximum Gasteiger partial charge on any atom is 0.325 e. The first-order chi connectivity index (χ1) is 9.67. The van der Waals surface area contributed by atoms with E-state index in [1.807, 2.05) is 6.92 Å². The van der Waals surface area contributed by atoms with Crippen LogP contribution in [-0.4, -0.2) is 40.9 Å². The fraction of sp³-hybridized carbons (Fsp3) is 0.800. The molecular weight excluding hydrogens is 270 g/mol. The highest BCUT2D eigenvalue weighted by Crippen LogP contribution is 2.36. The third-order valence-electron chi connectivity index (χ3n) is 4.69. The van der Waals surface area contributed by atoms with E-state index < -0.39 is 11.6 Å². The van der Waals surface area contributed by atoms with E-state index in [2.05, 4.69) is 24.5 Å². The molecule has 0 radical (unpaired) electrons. The first kappa shape index (κ1) is 15.8. The fourth-order valence-corrected chi connectivity index (χ4v) is 3.11. The molecule has 6 nitrogen and oxygen atoms in total. The third kappa shape index (κ3) is 3.19. The van der Waals surface area contributed by atoms with Gasteiger partial charge in [-0.2, -0.15) is 0 Å². The molecule has 21 heavy (non-hydrogen) atoms. The lowest BCUT2D eigenvalue weighted by Crippen LogP contribution is -2.46. The molecule has 2 rings (SSSR count). The van der Waals surface area contributed by atoms with Crippen molar-refractivity contribution in [3.05, 3.63) is 0 Å². The van der Waals surface area contributed by atoms with E-state index in [9.17, 15) is 14.4 Å². The second-order valence-electron chi connectivity index (χ2n) is 7.18. The number of nitrogens with one attached hydrogen (secondary N) is 2. The average molecular weight is 295 g/mol. The highest BCUT2D eigenvalue weighted by Gasteiger charge is 2.47. The van der Waals surface area contributed by atoms with Crippen LogP contribution in [0.15, 0.2) is 0 Å². The molecule has 0 aromatic heterocycles. The molecule has 1 aliphatic heterocycles. The van der Waals surface area contributed by atoms with Crippen molar-refractivity contribution in [2.45, 2.75) is 65.0 Å². The van der Waals surface area contributed by atoms with Gasteiger partial charge in [-0.15, -0.1) is 0 Å². The van der Waals surface area contributed by atoms with Gasteiger partial charge in [0.15, 0.2) is 0 Å². The molecule has 1 aliphatic carbocycles. The predicted octanol–water partition coefficient (Wildman–Crippen LogP) is 1.40. The summed E-state index contributed by atoms with van der Waals surface area (Å²) < 4.78 is 0. The lowest BCUT2D eigenvalue weighted by molar-refractivity contribution is -0.134. The summed E-state index contributed by atoms with van der Waals surface area (Å²) in [4.78, 5) is 37.1. The Hall–Kier alpha value is -1.59. The van der Waals surface area contributed by atoms with Crippen LogP contribution in [0.1, 0.15) is 53.4 Å². The minimum absolute atomic E-state index is 0.144. The van der Waals surface area contributed by atoms with Gasteiger partial charge in [0, 0.05) is 6.04 Å². The van der Waals surface area contributed by atoms with Crippen molar-refractivity contribution in [2.75, 3.05) is 6.54 Å². The van der Waals surface area contributed by atoms with E-state index in [-0.39, 0.29) is 29.8 Å². The summed E-state index contributed by atoms with van der Waals surface area (Å²) in [5.74, 6) is -0.585. The molecule has 2 atom stereocenters. The van der Waals surface area contributed by atoms with Crippen molar-refractivity contribution < 1.29 is 14.4 Å². The Kier molecular flexibility index (Phi) is 4.00. The number of amides is 4.